The van der Waals surface area contributed by atoms with E-state index in [4.69, 9.17) is 21.9 Å². The minimum absolute atomic E-state index is 0.142. The summed E-state index contributed by atoms with van der Waals surface area (Å²) >= 11 is 3.54. The van der Waals surface area contributed by atoms with Crippen molar-refractivity contribution in [3.05, 3.63) is 61.0 Å². The molecule has 0 saturated carbocycles. The van der Waals surface area contributed by atoms with Crippen LogP contribution in [0.3, 0.4) is 0 Å². The second kappa shape index (κ2) is 11.3. The summed E-state index contributed by atoms with van der Waals surface area (Å²) in [6.07, 6.45) is 6.82. The number of fused-ring (bicyclic) bond motifs is 1. The lowest BCUT2D eigenvalue weighted by molar-refractivity contribution is 0.370. The molecular weight excluding hydrogens is 525 g/mol. The van der Waals surface area contributed by atoms with Crippen LogP contribution in [0, 0.1) is 12.3 Å². The Morgan fingerprint density at radius 2 is 1.82 bits per heavy atom. The molecule has 3 rings (SSSR count). The topological polar surface area (TPSA) is 145 Å². The zero-order valence-electron chi connectivity index (χ0n) is 18.6. The summed E-state index contributed by atoms with van der Waals surface area (Å²) in [5, 5.41) is 0. The van der Waals surface area contributed by atoms with E-state index < -0.39 is 18.8 Å². The van der Waals surface area contributed by atoms with E-state index in [0.29, 0.717) is 31.6 Å². The van der Waals surface area contributed by atoms with Crippen molar-refractivity contribution >= 4 is 34.7 Å². The third-order valence-electron chi connectivity index (χ3n) is 5.45. The molecule has 1 aromatic carbocycles. The average molecular weight is 552 g/mol. The minimum Gasteiger partial charge on any atom is -0.329 e. The third kappa shape index (κ3) is 5.95. The Morgan fingerprint density at radius 3 is 2.47 bits per heavy atom. The molecule has 0 aliphatic carbocycles. The van der Waals surface area contributed by atoms with E-state index in [1.807, 2.05) is 24.3 Å². The number of halogens is 1. The van der Waals surface area contributed by atoms with Gasteiger partial charge in [-0.25, -0.2) is 14.3 Å². The van der Waals surface area contributed by atoms with Crippen LogP contribution < -0.4 is 17.0 Å². The molecule has 2 heterocycles. The van der Waals surface area contributed by atoms with Gasteiger partial charge in [-0.2, -0.15) is 0 Å². The maximum absolute atomic E-state index is 13.2. The van der Waals surface area contributed by atoms with Gasteiger partial charge in [0.25, 0.3) is 5.56 Å². The van der Waals surface area contributed by atoms with Gasteiger partial charge >= 0.3 is 13.3 Å². The molecule has 0 saturated heterocycles. The lowest BCUT2D eigenvalue weighted by Gasteiger charge is -2.12. The van der Waals surface area contributed by atoms with E-state index in [0.717, 1.165) is 14.6 Å². The molecule has 0 fully saturated rings. The van der Waals surface area contributed by atoms with Crippen molar-refractivity contribution in [1.82, 2.24) is 18.7 Å². The summed E-state index contributed by atoms with van der Waals surface area (Å²) in [7, 11) is -4.14. The van der Waals surface area contributed by atoms with Gasteiger partial charge in [0.2, 0.25) is 0 Å². The van der Waals surface area contributed by atoms with Crippen molar-refractivity contribution in [1.29, 1.82) is 0 Å². The standard InChI is InChI=1S/C22H27BrN5O5P/c1-2-12-28-21(29)19-20(27(22(28)30)13-5-6-15-34(31,32)33)25-18(26(19)14-11-24)10-9-16-7-3-4-8-17(16)23/h1,3-4,7-8H,5-6,9-15,24H2,(H2,31,32,33). The summed E-state index contributed by atoms with van der Waals surface area (Å²) in [6, 6.07) is 7.82. The maximum atomic E-state index is 13.2. The molecular formula is C22H27BrN5O5P. The number of benzene rings is 1. The average Bonchev–Trinajstić information content (AvgIpc) is 3.13. The van der Waals surface area contributed by atoms with Gasteiger partial charge in [-0.05, 0) is 30.9 Å². The number of aromatic nitrogens is 4. The number of nitrogens with zero attached hydrogens (tertiary/aromatic N) is 4. The third-order valence-corrected chi connectivity index (χ3v) is 7.12. The smallest absolute Gasteiger partial charge is 0.329 e. The number of terminal acetylenes is 1. The van der Waals surface area contributed by atoms with Crippen LogP contribution in [-0.4, -0.2) is 41.2 Å². The molecule has 0 aliphatic heterocycles. The number of aryl methyl sites for hydroxylation is 3. The van der Waals surface area contributed by atoms with Gasteiger partial charge in [-0.1, -0.05) is 40.0 Å². The van der Waals surface area contributed by atoms with E-state index in [2.05, 4.69) is 26.8 Å². The second-order valence-corrected chi connectivity index (χ2v) is 10.5. The first kappa shape index (κ1) is 26.1. The first-order chi connectivity index (χ1) is 16.2. The highest BCUT2D eigenvalue weighted by Gasteiger charge is 2.21. The highest BCUT2D eigenvalue weighted by atomic mass is 79.9. The Morgan fingerprint density at radius 1 is 1.09 bits per heavy atom. The molecule has 0 amide bonds. The minimum atomic E-state index is -4.14. The van der Waals surface area contributed by atoms with Gasteiger partial charge < -0.3 is 20.1 Å². The molecule has 0 bridgehead atoms. The van der Waals surface area contributed by atoms with Crippen LogP contribution in [0.1, 0.15) is 24.2 Å². The van der Waals surface area contributed by atoms with Crippen LogP contribution in [0.25, 0.3) is 11.2 Å². The molecule has 10 nitrogen and oxygen atoms in total. The summed E-state index contributed by atoms with van der Waals surface area (Å²) in [5.41, 5.74) is 6.26. The lowest BCUT2D eigenvalue weighted by Crippen LogP contribution is -2.40. The van der Waals surface area contributed by atoms with Crippen molar-refractivity contribution in [2.75, 3.05) is 12.7 Å². The number of imidazole rings is 1. The van der Waals surface area contributed by atoms with Crippen LogP contribution in [0.2, 0.25) is 0 Å². The van der Waals surface area contributed by atoms with Crippen LogP contribution >= 0.6 is 23.5 Å². The fraction of sp³-hybridized carbons (Fsp3) is 0.409. The first-order valence-electron chi connectivity index (χ1n) is 10.8. The van der Waals surface area contributed by atoms with Gasteiger partial charge in [-0.3, -0.25) is 13.9 Å². The Hall–Kier alpha value is -2.48. The molecule has 0 unspecified atom stereocenters. The van der Waals surface area contributed by atoms with E-state index in [1.165, 1.54) is 4.57 Å². The van der Waals surface area contributed by atoms with Crippen LogP contribution in [0.5, 0.6) is 0 Å². The monoisotopic (exact) mass is 551 g/mol. The first-order valence-corrected chi connectivity index (χ1v) is 13.4. The molecule has 182 valence electrons. The highest BCUT2D eigenvalue weighted by molar-refractivity contribution is 9.10. The zero-order valence-corrected chi connectivity index (χ0v) is 21.0. The number of hydrogen-bond donors (Lipinski definition) is 3. The van der Waals surface area contributed by atoms with E-state index in [-0.39, 0.29) is 43.4 Å². The normalized spacial score (nSPS) is 11.7. The van der Waals surface area contributed by atoms with Crippen LogP contribution in [-0.2, 0) is 37.0 Å². The van der Waals surface area contributed by atoms with Gasteiger partial charge in [0, 0.05) is 36.7 Å². The Kier molecular flexibility index (Phi) is 8.68. The summed E-state index contributed by atoms with van der Waals surface area (Å²) in [5.74, 6) is 2.96. The molecule has 0 aliphatic rings. The maximum Gasteiger partial charge on any atom is 0.333 e. The molecule has 4 N–H and O–H groups in total. The SMILES string of the molecule is C#CCn1c(=O)c2c(nc(CCc3ccccc3Br)n2CCN)n(CCCCP(=O)(O)O)c1=O. The Bertz CT molecular complexity index is 1380. The molecule has 3 aromatic rings. The van der Waals surface area contributed by atoms with Crippen LogP contribution in [0.4, 0.5) is 0 Å². The van der Waals surface area contributed by atoms with Gasteiger partial charge in [-0.15, -0.1) is 6.42 Å². The molecule has 0 atom stereocenters. The number of unbranched alkanes of at least 4 members (excludes halogenated alkanes) is 1. The lowest BCUT2D eigenvalue weighted by atomic mass is 10.1. The summed E-state index contributed by atoms with van der Waals surface area (Å²) in [6.45, 7) is 0.548. The largest absolute Gasteiger partial charge is 0.333 e. The highest BCUT2D eigenvalue weighted by Crippen LogP contribution is 2.35. The molecule has 0 radical (unpaired) electrons. The van der Waals surface area contributed by atoms with E-state index in [9.17, 15) is 14.2 Å². The number of nitrogens with two attached hydrogens (primary N) is 1. The van der Waals surface area contributed by atoms with Gasteiger partial charge in [0.15, 0.2) is 11.2 Å². The summed E-state index contributed by atoms with van der Waals surface area (Å²) in [4.78, 5) is 49.2. The second-order valence-electron chi connectivity index (χ2n) is 7.86. The molecule has 34 heavy (non-hydrogen) atoms. The Balaban J connectivity index is 2.08. The van der Waals surface area contributed by atoms with Crippen molar-refractivity contribution in [2.45, 2.75) is 45.3 Å². The number of hydrogen-bond acceptors (Lipinski definition) is 5. The molecule has 0 spiro atoms. The predicted octanol–water partition coefficient (Wildman–Crippen LogP) is 1.46. The van der Waals surface area contributed by atoms with Crippen molar-refractivity contribution < 1.29 is 14.4 Å². The predicted molar refractivity (Wildman–Crippen MR) is 134 cm³/mol. The van der Waals surface area contributed by atoms with Crippen molar-refractivity contribution in [2.24, 2.45) is 5.73 Å². The fourth-order valence-corrected chi connectivity index (χ4v) is 4.98. The fourth-order valence-electron chi connectivity index (χ4n) is 3.86. The number of rotatable bonds is 11. The zero-order chi connectivity index (χ0) is 24.9. The van der Waals surface area contributed by atoms with Crippen molar-refractivity contribution in [3.8, 4) is 12.3 Å². The van der Waals surface area contributed by atoms with E-state index >= 15 is 0 Å². The molecule has 2 aromatic heterocycles. The van der Waals surface area contributed by atoms with Gasteiger partial charge in [0.05, 0.1) is 6.54 Å². The van der Waals surface area contributed by atoms with Crippen molar-refractivity contribution in [3.63, 3.8) is 0 Å². The molecule has 12 heteroatoms. The van der Waals surface area contributed by atoms with Gasteiger partial charge in [0.1, 0.15) is 5.82 Å². The quantitative estimate of drug-likeness (QED) is 0.186. The van der Waals surface area contributed by atoms with Crippen LogP contribution in [0.15, 0.2) is 38.3 Å². The Labute approximate surface area is 204 Å². The van der Waals surface area contributed by atoms with E-state index in [1.54, 1.807) is 4.57 Å². The summed E-state index contributed by atoms with van der Waals surface area (Å²) < 4.78 is 16.2.